The topological polar surface area (TPSA) is 92.9 Å². The van der Waals surface area contributed by atoms with Crippen molar-refractivity contribution in [3.63, 3.8) is 0 Å². The largest absolute Gasteiger partial charge is 0.373 e. The van der Waals surface area contributed by atoms with Gasteiger partial charge in [-0.25, -0.2) is 0 Å². The maximum absolute atomic E-state index is 12.5. The summed E-state index contributed by atoms with van der Waals surface area (Å²) in [7, 11) is 1.68. The van der Waals surface area contributed by atoms with Crippen LogP contribution in [-0.2, 0) is 19.1 Å². The van der Waals surface area contributed by atoms with E-state index in [1.165, 1.54) is 0 Å². The number of imide groups is 1. The minimum absolute atomic E-state index is 0.143. The third-order valence-electron chi connectivity index (χ3n) is 5.31. The maximum Gasteiger partial charge on any atom is 0.242 e. The van der Waals surface area contributed by atoms with Crippen molar-refractivity contribution in [3.05, 3.63) is 0 Å². The van der Waals surface area contributed by atoms with Crippen molar-refractivity contribution in [2.75, 3.05) is 26.7 Å². The van der Waals surface area contributed by atoms with Crippen LogP contribution in [0.25, 0.3) is 0 Å². The summed E-state index contributed by atoms with van der Waals surface area (Å²) < 4.78 is 5.68. The Morgan fingerprint density at radius 2 is 1.78 bits per heavy atom. The molecule has 0 aromatic rings. The molecule has 3 aliphatic heterocycles. The van der Waals surface area contributed by atoms with Crippen LogP contribution in [0.2, 0.25) is 0 Å². The average Bonchev–Trinajstić information content (AvgIpc) is 3.16. The van der Waals surface area contributed by atoms with Gasteiger partial charge in [-0.3, -0.25) is 19.3 Å². The van der Waals surface area contributed by atoms with Gasteiger partial charge < -0.3 is 15.4 Å². The van der Waals surface area contributed by atoms with Crippen molar-refractivity contribution >= 4 is 17.7 Å². The van der Waals surface area contributed by atoms with Gasteiger partial charge in [0.1, 0.15) is 6.54 Å². The Balaban J connectivity index is 1.65. The Morgan fingerprint density at radius 3 is 2.26 bits per heavy atom. The Morgan fingerprint density at radius 1 is 1.26 bits per heavy atom. The van der Waals surface area contributed by atoms with Crippen LogP contribution in [0.15, 0.2) is 0 Å². The highest BCUT2D eigenvalue weighted by atomic mass is 16.5. The molecule has 3 aliphatic rings. The number of carbonyl (C=O) groups excluding carboxylic acids is 3. The van der Waals surface area contributed by atoms with Crippen molar-refractivity contribution in [1.82, 2.24) is 9.80 Å². The van der Waals surface area contributed by atoms with Crippen LogP contribution >= 0.6 is 0 Å². The molecule has 0 aromatic heterocycles. The lowest BCUT2D eigenvalue weighted by atomic mass is 9.81. The van der Waals surface area contributed by atoms with E-state index in [0.29, 0.717) is 13.1 Å². The number of carbonyl (C=O) groups is 3. The standard InChI is InChI=1S/C16H25N3O4/c1-16(2,7-17)8-18(3)11(20)6-19-14(21)12-9-4-5-10(23-9)13(12)15(19)22/h9-10,12-13H,4-8,17H2,1-3H3. The Hall–Kier alpha value is -1.47. The molecule has 2 bridgehead atoms. The van der Waals surface area contributed by atoms with Crippen LogP contribution in [0.3, 0.4) is 0 Å². The van der Waals surface area contributed by atoms with Gasteiger partial charge in [0, 0.05) is 13.6 Å². The number of hydrogen-bond donors (Lipinski definition) is 1. The molecule has 128 valence electrons. The zero-order valence-electron chi connectivity index (χ0n) is 13.9. The van der Waals surface area contributed by atoms with Crippen molar-refractivity contribution in [2.24, 2.45) is 23.0 Å². The molecule has 3 rings (SSSR count). The van der Waals surface area contributed by atoms with E-state index in [9.17, 15) is 14.4 Å². The summed E-state index contributed by atoms with van der Waals surface area (Å²) >= 11 is 0. The van der Waals surface area contributed by atoms with Gasteiger partial charge in [0.2, 0.25) is 17.7 Å². The smallest absolute Gasteiger partial charge is 0.242 e. The van der Waals surface area contributed by atoms with Gasteiger partial charge in [0.15, 0.2) is 0 Å². The molecule has 23 heavy (non-hydrogen) atoms. The van der Waals surface area contributed by atoms with Gasteiger partial charge in [-0.05, 0) is 24.8 Å². The van der Waals surface area contributed by atoms with Gasteiger partial charge in [0.05, 0.1) is 24.0 Å². The Kier molecular flexibility index (Phi) is 3.96. The third kappa shape index (κ3) is 2.65. The van der Waals surface area contributed by atoms with Crippen molar-refractivity contribution in [2.45, 2.75) is 38.9 Å². The lowest BCUT2D eigenvalue weighted by Crippen LogP contribution is -2.46. The zero-order chi connectivity index (χ0) is 16.9. The molecule has 4 atom stereocenters. The van der Waals surface area contributed by atoms with E-state index in [2.05, 4.69) is 0 Å². The summed E-state index contributed by atoms with van der Waals surface area (Å²) in [5, 5.41) is 0. The molecule has 0 saturated carbocycles. The average molecular weight is 323 g/mol. The first-order chi connectivity index (χ1) is 10.7. The van der Waals surface area contributed by atoms with Crippen LogP contribution in [0.5, 0.6) is 0 Å². The molecule has 3 heterocycles. The van der Waals surface area contributed by atoms with Crippen LogP contribution in [0.1, 0.15) is 26.7 Å². The lowest BCUT2D eigenvalue weighted by Gasteiger charge is -2.30. The van der Waals surface area contributed by atoms with Gasteiger partial charge in [0.25, 0.3) is 0 Å². The SMILES string of the molecule is CN(CC(C)(C)CN)C(=O)CN1C(=O)C2C3CCC(O3)C2C1=O. The highest BCUT2D eigenvalue weighted by molar-refractivity contribution is 6.08. The number of nitrogens with two attached hydrogens (primary N) is 1. The highest BCUT2D eigenvalue weighted by Crippen LogP contribution is 2.48. The number of hydrogen-bond acceptors (Lipinski definition) is 5. The second-order valence-corrected chi connectivity index (χ2v) is 7.72. The maximum atomic E-state index is 12.5. The molecule has 3 saturated heterocycles. The van der Waals surface area contributed by atoms with Gasteiger partial charge >= 0.3 is 0 Å². The van der Waals surface area contributed by atoms with Crippen molar-refractivity contribution < 1.29 is 19.1 Å². The number of fused-ring (bicyclic) bond motifs is 5. The van der Waals surface area contributed by atoms with E-state index in [4.69, 9.17) is 10.5 Å². The van der Waals surface area contributed by atoms with Crippen LogP contribution < -0.4 is 5.73 Å². The first-order valence-corrected chi connectivity index (χ1v) is 8.20. The molecule has 0 aromatic carbocycles. The predicted octanol–water partition coefficient (Wildman–Crippen LogP) is -0.408. The molecule has 3 amide bonds. The lowest BCUT2D eigenvalue weighted by molar-refractivity contribution is -0.148. The molecular weight excluding hydrogens is 298 g/mol. The quantitative estimate of drug-likeness (QED) is 0.695. The van der Waals surface area contributed by atoms with Gasteiger partial charge in [-0.1, -0.05) is 13.8 Å². The molecule has 7 nitrogen and oxygen atoms in total. The molecule has 2 N–H and O–H groups in total. The second-order valence-electron chi connectivity index (χ2n) is 7.72. The van der Waals surface area contributed by atoms with E-state index in [0.717, 1.165) is 17.7 Å². The molecule has 4 unspecified atom stereocenters. The third-order valence-corrected chi connectivity index (χ3v) is 5.31. The van der Waals surface area contributed by atoms with Crippen LogP contribution in [0, 0.1) is 17.3 Å². The monoisotopic (exact) mass is 323 g/mol. The molecule has 3 fully saturated rings. The van der Waals surface area contributed by atoms with Crippen molar-refractivity contribution in [3.8, 4) is 0 Å². The number of amides is 3. The second kappa shape index (κ2) is 5.56. The molecule has 0 spiro atoms. The van der Waals surface area contributed by atoms with Crippen molar-refractivity contribution in [1.29, 1.82) is 0 Å². The summed E-state index contributed by atoms with van der Waals surface area (Å²) in [4.78, 5) is 40.1. The molecule has 7 heteroatoms. The number of ether oxygens (including phenoxy) is 1. The van der Waals surface area contributed by atoms with Crippen LogP contribution in [-0.4, -0.2) is 66.4 Å². The molecular formula is C16H25N3O4. The minimum atomic E-state index is -0.375. The molecule has 0 radical (unpaired) electrons. The Bertz CT molecular complexity index is 519. The minimum Gasteiger partial charge on any atom is -0.373 e. The first kappa shape index (κ1) is 16.4. The van der Waals surface area contributed by atoms with Gasteiger partial charge in [-0.2, -0.15) is 0 Å². The number of rotatable bonds is 5. The summed E-state index contributed by atoms with van der Waals surface area (Å²) in [5.74, 6) is -1.47. The zero-order valence-corrected chi connectivity index (χ0v) is 13.9. The summed E-state index contributed by atoms with van der Waals surface area (Å²) in [5.41, 5.74) is 5.49. The first-order valence-electron chi connectivity index (χ1n) is 8.20. The van der Waals surface area contributed by atoms with E-state index < -0.39 is 0 Å². The Labute approximate surface area is 136 Å². The van der Waals surface area contributed by atoms with Gasteiger partial charge in [-0.15, -0.1) is 0 Å². The predicted molar refractivity (Wildman–Crippen MR) is 82.1 cm³/mol. The fraction of sp³-hybridized carbons (Fsp3) is 0.812. The number of likely N-dealkylation sites (tertiary alicyclic amines) is 1. The highest BCUT2D eigenvalue weighted by Gasteiger charge is 2.62. The number of nitrogens with zero attached hydrogens (tertiary/aromatic N) is 2. The summed E-state index contributed by atoms with van der Waals surface area (Å²) in [6, 6.07) is 0. The fourth-order valence-corrected chi connectivity index (χ4v) is 3.98. The fourth-order valence-electron chi connectivity index (χ4n) is 3.98. The van der Waals surface area contributed by atoms with Crippen LogP contribution in [0.4, 0.5) is 0 Å². The molecule has 0 aliphatic carbocycles. The van der Waals surface area contributed by atoms with E-state index in [-0.39, 0.29) is 53.7 Å². The van der Waals surface area contributed by atoms with E-state index in [1.54, 1.807) is 11.9 Å². The van der Waals surface area contributed by atoms with E-state index >= 15 is 0 Å². The number of likely N-dealkylation sites (N-methyl/N-ethyl adjacent to an activating group) is 1. The summed E-state index contributed by atoms with van der Waals surface area (Å²) in [6.45, 7) is 4.71. The normalized spacial score (nSPS) is 32.6. The van der Waals surface area contributed by atoms with E-state index in [1.807, 2.05) is 13.8 Å². The summed E-state index contributed by atoms with van der Waals surface area (Å²) in [6.07, 6.45) is 1.37.